The molecule has 1 aromatic carbocycles. The molecule has 4 nitrogen and oxygen atoms in total. The number of hydrogen-bond donors (Lipinski definition) is 0. The van der Waals surface area contributed by atoms with Crippen molar-refractivity contribution in [1.82, 2.24) is 14.7 Å². The number of aryl methyl sites for hydroxylation is 1. The van der Waals surface area contributed by atoms with E-state index in [1.54, 1.807) is 0 Å². The van der Waals surface area contributed by atoms with Crippen LogP contribution in [0.4, 0.5) is 0 Å². The molecule has 2 aromatic rings. The van der Waals surface area contributed by atoms with Crippen molar-refractivity contribution in [3.05, 3.63) is 46.2 Å². The highest BCUT2D eigenvalue weighted by Gasteiger charge is 2.22. The van der Waals surface area contributed by atoms with E-state index < -0.39 is 0 Å². The first-order valence-corrected chi connectivity index (χ1v) is 9.38. The van der Waals surface area contributed by atoms with Crippen molar-refractivity contribution in [3.8, 4) is 5.69 Å². The van der Waals surface area contributed by atoms with Gasteiger partial charge in [-0.2, -0.15) is 5.10 Å². The Hall–Kier alpha value is -1.81. The molecular weight excluding hydrogens is 334 g/mol. The molecule has 0 spiro atoms. The summed E-state index contributed by atoms with van der Waals surface area (Å²) < 4.78 is 1.89. The molecule has 0 atom stereocenters. The first-order chi connectivity index (χ1) is 12.0. The van der Waals surface area contributed by atoms with Crippen LogP contribution in [-0.4, -0.2) is 34.2 Å². The maximum Gasteiger partial charge on any atom is 0.226 e. The Morgan fingerprint density at radius 1 is 1.24 bits per heavy atom. The number of carbonyl (C=O) groups is 1. The standard InChI is InChI=1S/C20H26ClN3O/c1-14-19(12-20(25)23(3)13-16-6-4-5-7-16)15(2)24(22-14)18-10-8-17(21)9-11-18/h8-11,16H,4-7,12-13H2,1-3H3. The minimum atomic E-state index is 0.175. The van der Waals surface area contributed by atoms with E-state index in [4.69, 9.17) is 11.6 Å². The third kappa shape index (κ3) is 4.06. The number of rotatable bonds is 5. The molecule has 3 rings (SSSR count). The Bertz CT molecular complexity index is 745. The molecule has 0 aliphatic heterocycles. The Morgan fingerprint density at radius 3 is 2.52 bits per heavy atom. The number of aromatic nitrogens is 2. The molecule has 25 heavy (non-hydrogen) atoms. The van der Waals surface area contributed by atoms with Gasteiger partial charge in [0.1, 0.15) is 0 Å². The number of benzene rings is 1. The zero-order valence-electron chi connectivity index (χ0n) is 15.3. The topological polar surface area (TPSA) is 38.1 Å². The van der Waals surface area contributed by atoms with E-state index in [1.165, 1.54) is 25.7 Å². The van der Waals surface area contributed by atoms with Crippen LogP contribution in [-0.2, 0) is 11.2 Å². The van der Waals surface area contributed by atoms with Gasteiger partial charge in [0.05, 0.1) is 17.8 Å². The van der Waals surface area contributed by atoms with Crippen LogP contribution in [0.5, 0.6) is 0 Å². The number of halogens is 1. The molecule has 0 bridgehead atoms. The molecular formula is C20H26ClN3O. The van der Waals surface area contributed by atoms with E-state index in [1.807, 2.05) is 54.7 Å². The Kier molecular flexibility index (Phi) is 5.48. The summed E-state index contributed by atoms with van der Waals surface area (Å²) in [5.41, 5.74) is 3.92. The lowest BCUT2D eigenvalue weighted by Crippen LogP contribution is -2.32. The fourth-order valence-corrected chi connectivity index (χ4v) is 3.86. The van der Waals surface area contributed by atoms with Crippen LogP contribution in [0, 0.1) is 19.8 Å². The summed E-state index contributed by atoms with van der Waals surface area (Å²) in [6.07, 6.45) is 5.53. The number of likely N-dealkylation sites (N-methyl/N-ethyl adjacent to an activating group) is 1. The Labute approximate surface area is 154 Å². The van der Waals surface area contributed by atoms with Crippen molar-refractivity contribution < 1.29 is 4.79 Å². The van der Waals surface area contributed by atoms with Crippen LogP contribution in [0.3, 0.4) is 0 Å². The molecule has 134 valence electrons. The van der Waals surface area contributed by atoms with E-state index in [-0.39, 0.29) is 5.91 Å². The van der Waals surface area contributed by atoms with Crippen LogP contribution in [0.1, 0.15) is 42.6 Å². The molecule has 0 N–H and O–H groups in total. The van der Waals surface area contributed by atoms with E-state index in [0.717, 1.165) is 29.2 Å². The fraction of sp³-hybridized carbons (Fsp3) is 0.500. The summed E-state index contributed by atoms with van der Waals surface area (Å²) in [6, 6.07) is 7.60. The largest absolute Gasteiger partial charge is 0.345 e. The predicted octanol–water partition coefficient (Wildman–Crippen LogP) is 4.33. The molecule has 1 heterocycles. The van der Waals surface area contributed by atoms with Crippen LogP contribution < -0.4 is 0 Å². The van der Waals surface area contributed by atoms with Gasteiger partial charge >= 0.3 is 0 Å². The zero-order chi connectivity index (χ0) is 18.0. The lowest BCUT2D eigenvalue weighted by Gasteiger charge is -2.21. The highest BCUT2D eigenvalue weighted by Crippen LogP contribution is 2.26. The zero-order valence-corrected chi connectivity index (χ0v) is 16.0. The molecule has 1 amide bonds. The molecule has 1 aromatic heterocycles. The first-order valence-electron chi connectivity index (χ1n) is 9.00. The van der Waals surface area contributed by atoms with E-state index >= 15 is 0 Å². The van der Waals surface area contributed by atoms with Crippen molar-refractivity contribution in [3.63, 3.8) is 0 Å². The fourth-order valence-electron chi connectivity index (χ4n) is 3.73. The van der Waals surface area contributed by atoms with Crippen molar-refractivity contribution in [2.45, 2.75) is 46.0 Å². The number of amides is 1. The number of carbonyl (C=O) groups excluding carboxylic acids is 1. The second-order valence-electron chi connectivity index (χ2n) is 7.14. The molecule has 1 aliphatic rings. The second-order valence-corrected chi connectivity index (χ2v) is 7.58. The van der Waals surface area contributed by atoms with Gasteiger partial charge in [0, 0.05) is 29.9 Å². The van der Waals surface area contributed by atoms with Gasteiger partial charge in [0.15, 0.2) is 0 Å². The monoisotopic (exact) mass is 359 g/mol. The van der Waals surface area contributed by atoms with Gasteiger partial charge in [0.2, 0.25) is 5.91 Å². The molecule has 1 aliphatic carbocycles. The number of hydrogen-bond acceptors (Lipinski definition) is 2. The average Bonchev–Trinajstić information content (AvgIpc) is 3.19. The van der Waals surface area contributed by atoms with Gasteiger partial charge in [-0.1, -0.05) is 24.4 Å². The van der Waals surface area contributed by atoms with Crippen LogP contribution >= 0.6 is 11.6 Å². The summed E-state index contributed by atoms with van der Waals surface area (Å²) in [6.45, 7) is 4.87. The lowest BCUT2D eigenvalue weighted by atomic mass is 10.1. The van der Waals surface area contributed by atoms with Crippen LogP contribution in [0.25, 0.3) is 5.69 Å². The SMILES string of the molecule is Cc1nn(-c2ccc(Cl)cc2)c(C)c1CC(=O)N(C)CC1CCCC1. The van der Waals surface area contributed by atoms with Gasteiger partial charge in [-0.05, 0) is 56.9 Å². The van der Waals surface area contributed by atoms with Gasteiger partial charge in [-0.3, -0.25) is 4.79 Å². The summed E-state index contributed by atoms with van der Waals surface area (Å²) in [7, 11) is 1.93. The quantitative estimate of drug-likeness (QED) is 0.796. The van der Waals surface area contributed by atoms with E-state index in [2.05, 4.69) is 5.10 Å². The summed E-state index contributed by atoms with van der Waals surface area (Å²) in [5, 5.41) is 5.33. The third-order valence-electron chi connectivity index (χ3n) is 5.27. The van der Waals surface area contributed by atoms with Crippen molar-refractivity contribution >= 4 is 17.5 Å². The highest BCUT2D eigenvalue weighted by atomic mass is 35.5. The normalized spacial score (nSPS) is 14.9. The van der Waals surface area contributed by atoms with Gasteiger partial charge in [-0.15, -0.1) is 0 Å². The van der Waals surface area contributed by atoms with Crippen molar-refractivity contribution in [2.24, 2.45) is 5.92 Å². The van der Waals surface area contributed by atoms with Gasteiger partial charge < -0.3 is 4.90 Å². The van der Waals surface area contributed by atoms with Crippen LogP contribution in [0.2, 0.25) is 5.02 Å². The Morgan fingerprint density at radius 2 is 1.88 bits per heavy atom. The van der Waals surface area contributed by atoms with Crippen molar-refractivity contribution in [2.75, 3.05) is 13.6 Å². The molecule has 1 fully saturated rings. The van der Waals surface area contributed by atoms with Gasteiger partial charge in [-0.25, -0.2) is 4.68 Å². The molecule has 1 saturated carbocycles. The molecule has 0 unspecified atom stereocenters. The lowest BCUT2D eigenvalue weighted by molar-refractivity contribution is -0.129. The third-order valence-corrected chi connectivity index (χ3v) is 5.52. The Balaban J connectivity index is 1.73. The highest BCUT2D eigenvalue weighted by molar-refractivity contribution is 6.30. The summed E-state index contributed by atoms with van der Waals surface area (Å²) in [5.74, 6) is 0.849. The maximum absolute atomic E-state index is 12.7. The first kappa shape index (κ1) is 18.0. The maximum atomic E-state index is 12.7. The summed E-state index contributed by atoms with van der Waals surface area (Å²) >= 11 is 5.97. The van der Waals surface area contributed by atoms with Gasteiger partial charge in [0.25, 0.3) is 0 Å². The molecule has 5 heteroatoms. The molecule has 0 radical (unpaired) electrons. The van der Waals surface area contributed by atoms with E-state index in [9.17, 15) is 4.79 Å². The predicted molar refractivity (Wildman–Crippen MR) is 101 cm³/mol. The second kappa shape index (κ2) is 7.61. The average molecular weight is 360 g/mol. The van der Waals surface area contributed by atoms with Crippen molar-refractivity contribution in [1.29, 1.82) is 0 Å². The smallest absolute Gasteiger partial charge is 0.226 e. The van der Waals surface area contributed by atoms with Crippen LogP contribution in [0.15, 0.2) is 24.3 Å². The minimum Gasteiger partial charge on any atom is -0.345 e. The molecule has 0 saturated heterocycles. The number of nitrogens with zero attached hydrogens (tertiary/aromatic N) is 3. The minimum absolute atomic E-state index is 0.175. The summed E-state index contributed by atoms with van der Waals surface area (Å²) in [4.78, 5) is 14.6. The van der Waals surface area contributed by atoms with E-state index in [0.29, 0.717) is 17.4 Å².